The van der Waals surface area contributed by atoms with Gasteiger partial charge in [0, 0.05) is 24.7 Å². The number of amides is 1. The van der Waals surface area contributed by atoms with Crippen molar-refractivity contribution >= 4 is 23.1 Å². The van der Waals surface area contributed by atoms with E-state index < -0.39 is 30.1 Å². The number of rotatable bonds is 8. The van der Waals surface area contributed by atoms with Crippen LogP contribution in [0, 0.1) is 11.2 Å². The van der Waals surface area contributed by atoms with Gasteiger partial charge in [0.1, 0.15) is 29.1 Å². The van der Waals surface area contributed by atoms with Gasteiger partial charge in [0.25, 0.3) is 5.91 Å². The molecule has 0 aromatic carbocycles. The second-order valence-electron chi connectivity index (χ2n) is 7.95. The SMILES string of the molecule is NC(CNC(=O)c1nc(-c2ccc(NCC3(c4ncccc4F)CCC3)nn2)[c]s1)C(F)(F)F. The Morgan fingerprint density at radius 3 is 2.68 bits per heavy atom. The Morgan fingerprint density at radius 2 is 2.06 bits per heavy atom. The maximum Gasteiger partial charge on any atom is 0.405 e. The van der Waals surface area contributed by atoms with Crippen molar-refractivity contribution in [2.45, 2.75) is 36.9 Å². The molecule has 0 bridgehead atoms. The van der Waals surface area contributed by atoms with Crippen molar-refractivity contribution in [2.24, 2.45) is 5.73 Å². The molecule has 1 amide bonds. The Balaban J connectivity index is 1.36. The van der Waals surface area contributed by atoms with Crippen LogP contribution in [0.3, 0.4) is 0 Å². The van der Waals surface area contributed by atoms with Crippen LogP contribution in [0.5, 0.6) is 0 Å². The molecule has 0 saturated heterocycles. The maximum absolute atomic E-state index is 14.3. The third kappa shape index (κ3) is 5.14. The minimum absolute atomic E-state index is 0.0716. The van der Waals surface area contributed by atoms with Crippen LogP contribution in [0.25, 0.3) is 11.4 Å². The first-order valence-corrected chi connectivity index (χ1v) is 11.2. The van der Waals surface area contributed by atoms with Gasteiger partial charge in [-0.25, -0.2) is 9.37 Å². The summed E-state index contributed by atoms with van der Waals surface area (Å²) in [6, 6.07) is 4.08. The summed E-state index contributed by atoms with van der Waals surface area (Å²) in [6.45, 7) is -0.316. The highest BCUT2D eigenvalue weighted by molar-refractivity contribution is 7.11. The van der Waals surface area contributed by atoms with Crippen LogP contribution in [-0.4, -0.2) is 51.4 Å². The zero-order valence-corrected chi connectivity index (χ0v) is 18.5. The Kier molecular flexibility index (Phi) is 6.75. The molecule has 1 fully saturated rings. The Morgan fingerprint density at radius 1 is 1.26 bits per heavy atom. The molecular formula is C21H20F4N7OS. The van der Waals surface area contributed by atoms with E-state index in [-0.39, 0.29) is 16.5 Å². The lowest BCUT2D eigenvalue weighted by atomic mass is 9.66. The molecule has 4 N–H and O–H groups in total. The normalized spacial score (nSPS) is 15.9. The molecule has 1 unspecified atom stereocenters. The number of halogens is 4. The number of hydrogen-bond acceptors (Lipinski definition) is 8. The third-order valence-electron chi connectivity index (χ3n) is 5.64. The van der Waals surface area contributed by atoms with Gasteiger partial charge in [0.2, 0.25) is 0 Å². The number of anilines is 1. The van der Waals surface area contributed by atoms with Gasteiger partial charge >= 0.3 is 6.18 Å². The van der Waals surface area contributed by atoms with Crippen LogP contribution in [-0.2, 0) is 5.41 Å². The Bertz CT molecular complexity index is 1150. The van der Waals surface area contributed by atoms with Crippen molar-refractivity contribution in [1.29, 1.82) is 0 Å². The number of nitrogens with zero attached hydrogens (tertiary/aromatic N) is 4. The molecule has 34 heavy (non-hydrogen) atoms. The Hall–Kier alpha value is -3.19. The molecule has 8 nitrogen and oxygen atoms in total. The van der Waals surface area contributed by atoms with Crippen LogP contribution < -0.4 is 16.4 Å². The van der Waals surface area contributed by atoms with Gasteiger partial charge in [0.15, 0.2) is 5.01 Å². The second-order valence-corrected chi connectivity index (χ2v) is 8.75. The number of thiazole rings is 1. The lowest BCUT2D eigenvalue weighted by molar-refractivity contribution is -0.146. The highest BCUT2D eigenvalue weighted by atomic mass is 32.1. The van der Waals surface area contributed by atoms with Gasteiger partial charge in [-0.1, -0.05) is 6.42 Å². The number of nitrogens with two attached hydrogens (primary N) is 1. The first-order chi connectivity index (χ1) is 16.2. The number of nitrogens with one attached hydrogen (secondary N) is 2. The quantitative estimate of drug-likeness (QED) is 0.412. The molecule has 1 aliphatic carbocycles. The molecule has 13 heteroatoms. The molecule has 3 heterocycles. The predicted molar refractivity (Wildman–Crippen MR) is 117 cm³/mol. The smallest absolute Gasteiger partial charge is 0.368 e. The van der Waals surface area contributed by atoms with Gasteiger partial charge < -0.3 is 16.4 Å². The molecule has 1 atom stereocenters. The molecule has 1 saturated carbocycles. The zero-order chi connectivity index (χ0) is 24.3. The van der Waals surface area contributed by atoms with Crippen molar-refractivity contribution in [2.75, 3.05) is 18.4 Å². The fourth-order valence-corrected chi connectivity index (χ4v) is 4.18. The van der Waals surface area contributed by atoms with E-state index in [9.17, 15) is 22.4 Å². The van der Waals surface area contributed by atoms with E-state index in [0.29, 0.717) is 23.8 Å². The van der Waals surface area contributed by atoms with Gasteiger partial charge in [0.05, 0.1) is 11.1 Å². The number of carbonyl (C=O) groups excluding carboxylic acids is 1. The lowest BCUT2D eigenvalue weighted by Crippen LogP contribution is -2.46. The van der Waals surface area contributed by atoms with Crippen molar-refractivity contribution in [3.63, 3.8) is 0 Å². The summed E-state index contributed by atoms with van der Waals surface area (Å²) in [7, 11) is 0. The number of hydrogen-bond donors (Lipinski definition) is 3. The summed E-state index contributed by atoms with van der Waals surface area (Å²) in [6.07, 6.45) is -0.419. The van der Waals surface area contributed by atoms with E-state index in [2.05, 4.69) is 36.2 Å². The fourth-order valence-electron chi connectivity index (χ4n) is 3.53. The lowest BCUT2D eigenvalue weighted by Gasteiger charge is -2.41. The number of carbonyl (C=O) groups is 1. The molecule has 0 aliphatic heterocycles. The summed E-state index contributed by atoms with van der Waals surface area (Å²) in [5.41, 5.74) is 5.60. The molecule has 1 radical (unpaired) electrons. The summed E-state index contributed by atoms with van der Waals surface area (Å²) in [5.74, 6) is -0.642. The average Bonchev–Trinajstić information content (AvgIpc) is 3.28. The summed E-state index contributed by atoms with van der Waals surface area (Å²) < 4.78 is 51.7. The van der Waals surface area contributed by atoms with Crippen molar-refractivity contribution in [3.05, 3.63) is 52.4 Å². The van der Waals surface area contributed by atoms with Crippen LogP contribution in [0.2, 0.25) is 0 Å². The molecule has 4 rings (SSSR count). The number of alkyl halides is 3. The zero-order valence-electron chi connectivity index (χ0n) is 17.7. The molecule has 3 aromatic rings. The van der Waals surface area contributed by atoms with Gasteiger partial charge in [-0.15, -0.1) is 21.5 Å². The largest absolute Gasteiger partial charge is 0.405 e. The van der Waals surface area contributed by atoms with Crippen molar-refractivity contribution in [1.82, 2.24) is 25.5 Å². The Labute approximate surface area is 196 Å². The number of aromatic nitrogens is 4. The molecular weight excluding hydrogens is 474 g/mol. The maximum atomic E-state index is 14.3. The van der Waals surface area contributed by atoms with Gasteiger partial charge in [-0.05, 0) is 37.1 Å². The standard InChI is InChI=1S/C21H20F4N7OS/c22-12-3-1-8-27-17(12)20(6-2-7-20)11-29-16-5-4-13(31-32-16)14-10-34-19(30-14)18(33)28-9-15(26)21(23,24)25/h1,3-5,8,15H,2,6-7,9,11,26H2,(H,28,33)(H,29,32). The van der Waals surface area contributed by atoms with Crippen LogP contribution >= 0.6 is 11.3 Å². The predicted octanol–water partition coefficient (Wildman–Crippen LogP) is 3.09. The first-order valence-electron chi connectivity index (χ1n) is 10.4. The first kappa shape index (κ1) is 24.0. The van der Waals surface area contributed by atoms with Crippen LogP contribution in [0.15, 0.2) is 30.5 Å². The van der Waals surface area contributed by atoms with Crippen molar-refractivity contribution in [3.8, 4) is 11.4 Å². The van der Waals surface area contributed by atoms with Gasteiger partial charge in [-0.3, -0.25) is 9.78 Å². The summed E-state index contributed by atoms with van der Waals surface area (Å²) in [4.78, 5) is 20.3. The second kappa shape index (κ2) is 9.58. The van der Waals surface area contributed by atoms with Gasteiger partial charge in [-0.2, -0.15) is 13.2 Å². The minimum Gasteiger partial charge on any atom is -0.368 e. The highest BCUT2D eigenvalue weighted by Crippen LogP contribution is 2.43. The molecule has 179 valence electrons. The fraction of sp³-hybridized carbons (Fsp3) is 0.381. The minimum atomic E-state index is -4.61. The van der Waals surface area contributed by atoms with E-state index >= 15 is 0 Å². The molecule has 1 aliphatic rings. The van der Waals surface area contributed by atoms with Crippen LogP contribution in [0.4, 0.5) is 23.4 Å². The van der Waals surface area contributed by atoms with E-state index in [1.165, 1.54) is 6.07 Å². The van der Waals surface area contributed by atoms with E-state index in [4.69, 9.17) is 5.73 Å². The van der Waals surface area contributed by atoms with E-state index in [0.717, 1.165) is 30.6 Å². The van der Waals surface area contributed by atoms with E-state index in [1.807, 2.05) is 0 Å². The van der Waals surface area contributed by atoms with E-state index in [1.54, 1.807) is 24.4 Å². The average molecular weight is 494 g/mol. The number of pyridine rings is 1. The summed E-state index contributed by atoms with van der Waals surface area (Å²) >= 11 is 0.843. The molecule has 0 spiro atoms. The topological polar surface area (TPSA) is 119 Å². The highest BCUT2D eigenvalue weighted by Gasteiger charge is 2.42. The molecule has 3 aromatic heterocycles. The third-order valence-corrected chi connectivity index (χ3v) is 6.41. The summed E-state index contributed by atoms with van der Waals surface area (Å²) in [5, 5.41) is 16.2. The van der Waals surface area contributed by atoms with Crippen LogP contribution in [0.1, 0.15) is 34.8 Å². The monoisotopic (exact) mass is 494 g/mol. The van der Waals surface area contributed by atoms with Crippen molar-refractivity contribution < 1.29 is 22.4 Å².